The lowest BCUT2D eigenvalue weighted by atomic mass is 10.2. The van der Waals surface area contributed by atoms with Crippen LogP contribution in [0.3, 0.4) is 0 Å². The number of hydrogen-bond donors (Lipinski definition) is 1. The molecule has 0 spiro atoms. The maximum Gasteiger partial charge on any atom is 0.148 e. The molecule has 0 aliphatic carbocycles. The number of hydrogen-bond acceptors (Lipinski definition) is 5. The summed E-state index contributed by atoms with van der Waals surface area (Å²) in [5.74, 6) is 1.53. The molecule has 7 heteroatoms. The van der Waals surface area contributed by atoms with Gasteiger partial charge in [0.1, 0.15) is 17.7 Å². The first-order valence-electron chi connectivity index (χ1n) is 7.00. The van der Waals surface area contributed by atoms with Crippen molar-refractivity contribution in [2.75, 3.05) is 18.6 Å². The largest absolute Gasteiger partial charge is 0.380 e. The minimum atomic E-state index is 0.0253. The Bertz CT molecular complexity index is 709. The van der Waals surface area contributed by atoms with E-state index in [0.29, 0.717) is 28.6 Å². The summed E-state index contributed by atoms with van der Waals surface area (Å²) >= 11 is 6.35. The Kier molecular flexibility index (Phi) is 4.01. The second-order valence-electron chi connectivity index (χ2n) is 5.27. The van der Waals surface area contributed by atoms with Crippen molar-refractivity contribution in [3.05, 3.63) is 40.6 Å². The van der Waals surface area contributed by atoms with Gasteiger partial charge in [0.15, 0.2) is 0 Å². The van der Waals surface area contributed by atoms with Gasteiger partial charge in [-0.2, -0.15) is 5.26 Å². The number of aromatic amines is 1. The molecule has 2 aromatic rings. The number of pyridine rings is 1. The highest BCUT2D eigenvalue weighted by Gasteiger charge is 2.36. The van der Waals surface area contributed by atoms with Gasteiger partial charge in [-0.05, 0) is 13.0 Å². The summed E-state index contributed by atoms with van der Waals surface area (Å²) in [5.41, 5.74) is 1.16. The monoisotopic (exact) mass is 317 g/mol. The third-order valence-electron chi connectivity index (χ3n) is 3.97. The van der Waals surface area contributed by atoms with Gasteiger partial charge < -0.3 is 14.6 Å². The minimum absolute atomic E-state index is 0.0253. The van der Waals surface area contributed by atoms with Gasteiger partial charge in [-0.25, -0.2) is 9.97 Å². The van der Waals surface area contributed by atoms with Crippen LogP contribution in [0.4, 0.5) is 5.82 Å². The molecule has 2 atom stereocenters. The van der Waals surface area contributed by atoms with Gasteiger partial charge in [-0.3, -0.25) is 0 Å². The Hall–Kier alpha value is -2.10. The number of halogens is 1. The minimum Gasteiger partial charge on any atom is -0.380 e. The van der Waals surface area contributed by atoms with E-state index < -0.39 is 0 Å². The molecule has 1 N–H and O–H groups in total. The number of aryl methyl sites for hydroxylation is 1. The highest BCUT2D eigenvalue weighted by Crippen LogP contribution is 2.38. The summed E-state index contributed by atoms with van der Waals surface area (Å²) in [5, 5.41) is 9.55. The van der Waals surface area contributed by atoms with E-state index in [9.17, 15) is 0 Å². The molecule has 0 aromatic carbocycles. The number of aromatic nitrogens is 3. The van der Waals surface area contributed by atoms with E-state index in [1.807, 2.05) is 6.92 Å². The molecular weight excluding hydrogens is 302 g/mol. The van der Waals surface area contributed by atoms with Crippen molar-refractivity contribution in [3.8, 4) is 6.07 Å². The Labute approximate surface area is 133 Å². The van der Waals surface area contributed by atoms with Crippen LogP contribution in [0.15, 0.2) is 18.5 Å². The summed E-state index contributed by atoms with van der Waals surface area (Å²) in [6.07, 6.45) is 4.42. The lowest BCUT2D eigenvalue weighted by Crippen LogP contribution is -2.27. The quantitative estimate of drug-likeness (QED) is 0.941. The van der Waals surface area contributed by atoms with Gasteiger partial charge in [-0.1, -0.05) is 11.6 Å². The lowest BCUT2D eigenvalue weighted by Gasteiger charge is -2.25. The molecule has 0 saturated carbocycles. The summed E-state index contributed by atoms with van der Waals surface area (Å²) in [4.78, 5) is 14.1. The number of methoxy groups -OCH3 is 1. The van der Waals surface area contributed by atoms with Crippen LogP contribution in [0.5, 0.6) is 0 Å². The molecular formula is C15H16ClN5O. The van der Waals surface area contributed by atoms with Crippen molar-refractivity contribution in [1.82, 2.24) is 15.0 Å². The number of nitrogens with zero attached hydrogens (tertiary/aromatic N) is 4. The van der Waals surface area contributed by atoms with Gasteiger partial charge in [-0.15, -0.1) is 0 Å². The van der Waals surface area contributed by atoms with E-state index in [1.165, 1.54) is 0 Å². The molecule has 1 aliphatic rings. The molecule has 2 aromatic heterocycles. The van der Waals surface area contributed by atoms with Crippen LogP contribution in [0.1, 0.15) is 29.5 Å². The van der Waals surface area contributed by atoms with Crippen LogP contribution in [-0.2, 0) is 4.74 Å². The number of nitriles is 1. The first-order chi connectivity index (χ1) is 10.6. The highest BCUT2D eigenvalue weighted by molar-refractivity contribution is 6.33. The average Bonchev–Trinajstić information content (AvgIpc) is 3.17. The molecule has 0 amide bonds. The maximum atomic E-state index is 9.08. The van der Waals surface area contributed by atoms with Crippen LogP contribution in [0, 0.1) is 18.3 Å². The second kappa shape index (κ2) is 5.95. The van der Waals surface area contributed by atoms with Gasteiger partial charge in [0.05, 0.1) is 28.4 Å². The number of H-pyrrole nitrogens is 1. The number of anilines is 1. The van der Waals surface area contributed by atoms with E-state index in [4.69, 9.17) is 21.6 Å². The molecule has 0 radical (unpaired) electrons. The molecule has 1 fully saturated rings. The fourth-order valence-electron chi connectivity index (χ4n) is 2.80. The number of imidazole rings is 1. The van der Waals surface area contributed by atoms with Crippen LogP contribution in [0.2, 0.25) is 5.02 Å². The Balaban J connectivity index is 2.02. The van der Waals surface area contributed by atoms with E-state index in [1.54, 1.807) is 25.6 Å². The maximum absolute atomic E-state index is 9.08. The SMILES string of the molecule is CO[C@@H]1C[C@@H](c2ncc[nH]2)N(c2nc(C)c(C#N)cc2Cl)C1. The Morgan fingerprint density at radius 3 is 3.00 bits per heavy atom. The van der Waals surface area contributed by atoms with E-state index in [0.717, 1.165) is 12.2 Å². The van der Waals surface area contributed by atoms with Crippen LogP contribution >= 0.6 is 11.6 Å². The first kappa shape index (κ1) is 14.8. The zero-order valence-electron chi connectivity index (χ0n) is 12.4. The van der Waals surface area contributed by atoms with Crippen LogP contribution in [0.25, 0.3) is 0 Å². The molecule has 1 saturated heterocycles. The smallest absolute Gasteiger partial charge is 0.148 e. The third-order valence-corrected chi connectivity index (χ3v) is 4.25. The molecule has 22 heavy (non-hydrogen) atoms. The van der Waals surface area contributed by atoms with Crippen molar-refractivity contribution < 1.29 is 4.74 Å². The Morgan fingerprint density at radius 2 is 2.36 bits per heavy atom. The molecule has 3 heterocycles. The molecule has 0 bridgehead atoms. The van der Waals surface area contributed by atoms with Gasteiger partial charge in [0.2, 0.25) is 0 Å². The van der Waals surface area contributed by atoms with E-state index in [2.05, 4.69) is 25.9 Å². The van der Waals surface area contributed by atoms with Crippen LogP contribution in [-0.4, -0.2) is 34.7 Å². The van der Waals surface area contributed by atoms with Gasteiger partial charge >= 0.3 is 0 Å². The zero-order chi connectivity index (χ0) is 15.7. The van der Waals surface area contributed by atoms with Crippen molar-refractivity contribution in [2.45, 2.75) is 25.5 Å². The van der Waals surface area contributed by atoms with Crippen molar-refractivity contribution >= 4 is 17.4 Å². The predicted octanol–water partition coefficient (Wildman–Crippen LogP) is 2.60. The summed E-state index contributed by atoms with van der Waals surface area (Å²) < 4.78 is 5.50. The van der Waals surface area contributed by atoms with Crippen molar-refractivity contribution in [2.24, 2.45) is 0 Å². The number of nitrogens with one attached hydrogen (secondary N) is 1. The topological polar surface area (TPSA) is 77.8 Å². The highest BCUT2D eigenvalue weighted by atomic mass is 35.5. The Morgan fingerprint density at radius 1 is 1.55 bits per heavy atom. The first-order valence-corrected chi connectivity index (χ1v) is 7.37. The fourth-order valence-corrected chi connectivity index (χ4v) is 3.06. The molecule has 3 rings (SSSR count). The predicted molar refractivity (Wildman–Crippen MR) is 82.8 cm³/mol. The molecule has 114 valence electrons. The van der Waals surface area contributed by atoms with Crippen LogP contribution < -0.4 is 4.90 Å². The molecule has 6 nitrogen and oxygen atoms in total. The van der Waals surface area contributed by atoms with Crippen molar-refractivity contribution in [1.29, 1.82) is 5.26 Å². The summed E-state index contributed by atoms with van der Waals surface area (Å²) in [6.45, 7) is 2.49. The zero-order valence-corrected chi connectivity index (χ0v) is 13.1. The van der Waals surface area contributed by atoms with Gasteiger partial charge in [0, 0.05) is 32.5 Å². The fraction of sp³-hybridized carbons (Fsp3) is 0.400. The molecule has 0 unspecified atom stereocenters. The molecule has 1 aliphatic heterocycles. The number of ether oxygens (including phenoxy) is 1. The van der Waals surface area contributed by atoms with Crippen molar-refractivity contribution in [3.63, 3.8) is 0 Å². The lowest BCUT2D eigenvalue weighted by molar-refractivity contribution is 0.118. The van der Waals surface area contributed by atoms with Gasteiger partial charge in [0.25, 0.3) is 0 Å². The average molecular weight is 318 g/mol. The summed E-state index contributed by atoms with van der Waals surface area (Å²) in [7, 11) is 1.70. The number of rotatable bonds is 3. The normalized spacial score (nSPS) is 21.1. The summed E-state index contributed by atoms with van der Waals surface area (Å²) in [6, 6.07) is 3.79. The second-order valence-corrected chi connectivity index (χ2v) is 5.68. The van der Waals surface area contributed by atoms with E-state index in [-0.39, 0.29) is 12.1 Å². The third kappa shape index (κ3) is 2.54. The van der Waals surface area contributed by atoms with E-state index >= 15 is 0 Å². The standard InChI is InChI=1S/C15H16ClN5O/c1-9-10(7-17)5-12(16)15(20-9)21-8-11(22-2)6-13(21)14-18-3-4-19-14/h3-5,11,13H,6,8H2,1-2H3,(H,18,19)/t11-,13+/m1/s1.